The maximum absolute atomic E-state index is 12.3. The topological polar surface area (TPSA) is 90.7 Å². The molecule has 0 heterocycles. The minimum absolute atomic E-state index is 0.176. The molecule has 1 rings (SSSR count). The molecular weight excluding hydrogens is 292 g/mol. The molecule has 0 amide bonds. The molecule has 7 heteroatoms. The quantitative estimate of drug-likeness (QED) is 0.715. The summed E-state index contributed by atoms with van der Waals surface area (Å²) in [6.45, 7) is 4.84. The molecule has 0 spiro atoms. The number of sulfonamides is 1. The Hall–Kier alpha value is -1.15. The SMILES string of the molecule is CCCOc1ccc(S(=O)(=O)NC(C)COC)cc1CN. The van der Waals surface area contributed by atoms with Gasteiger partial charge in [0, 0.05) is 25.3 Å². The fourth-order valence-corrected chi connectivity index (χ4v) is 3.13. The van der Waals surface area contributed by atoms with Crippen molar-refractivity contribution in [3.63, 3.8) is 0 Å². The molecular formula is C14H24N2O4S. The summed E-state index contributed by atoms with van der Waals surface area (Å²) >= 11 is 0. The highest BCUT2D eigenvalue weighted by Crippen LogP contribution is 2.22. The lowest BCUT2D eigenvalue weighted by Crippen LogP contribution is -2.35. The summed E-state index contributed by atoms with van der Waals surface area (Å²) in [7, 11) is -2.07. The minimum Gasteiger partial charge on any atom is -0.493 e. The van der Waals surface area contributed by atoms with E-state index < -0.39 is 10.0 Å². The lowest BCUT2D eigenvalue weighted by Gasteiger charge is -2.15. The second-order valence-electron chi connectivity index (χ2n) is 4.80. The van der Waals surface area contributed by atoms with Gasteiger partial charge in [0.15, 0.2) is 0 Å². The van der Waals surface area contributed by atoms with Crippen LogP contribution in [0.3, 0.4) is 0 Å². The molecule has 0 saturated carbocycles. The Kier molecular flexibility index (Phi) is 7.10. The van der Waals surface area contributed by atoms with Gasteiger partial charge in [-0.1, -0.05) is 6.92 Å². The van der Waals surface area contributed by atoms with Crippen LogP contribution in [0.1, 0.15) is 25.8 Å². The summed E-state index contributed by atoms with van der Waals surface area (Å²) in [4.78, 5) is 0.176. The van der Waals surface area contributed by atoms with Crippen molar-refractivity contribution in [3.8, 4) is 5.75 Å². The van der Waals surface area contributed by atoms with Crippen LogP contribution in [0, 0.1) is 0 Å². The number of hydrogen-bond donors (Lipinski definition) is 2. The Bertz CT molecular complexity index is 546. The van der Waals surface area contributed by atoms with Gasteiger partial charge in [-0.15, -0.1) is 0 Å². The van der Waals surface area contributed by atoms with Gasteiger partial charge in [-0.25, -0.2) is 13.1 Å². The Morgan fingerprint density at radius 1 is 1.38 bits per heavy atom. The fraction of sp³-hybridized carbons (Fsp3) is 0.571. The first-order valence-corrected chi connectivity index (χ1v) is 8.40. The Balaban J connectivity index is 2.97. The van der Waals surface area contributed by atoms with Crippen molar-refractivity contribution in [1.29, 1.82) is 0 Å². The molecule has 0 fully saturated rings. The van der Waals surface area contributed by atoms with E-state index in [2.05, 4.69) is 4.72 Å². The second kappa shape index (κ2) is 8.33. The molecule has 21 heavy (non-hydrogen) atoms. The average molecular weight is 316 g/mol. The molecule has 0 bridgehead atoms. The smallest absolute Gasteiger partial charge is 0.240 e. The largest absolute Gasteiger partial charge is 0.493 e. The molecule has 0 aliphatic carbocycles. The number of rotatable bonds is 9. The highest BCUT2D eigenvalue weighted by atomic mass is 32.2. The zero-order valence-electron chi connectivity index (χ0n) is 12.8. The first-order valence-electron chi connectivity index (χ1n) is 6.91. The van der Waals surface area contributed by atoms with Crippen LogP contribution in [0.4, 0.5) is 0 Å². The number of nitrogens with one attached hydrogen (secondary N) is 1. The van der Waals surface area contributed by atoms with Gasteiger partial charge in [0.25, 0.3) is 0 Å². The van der Waals surface area contributed by atoms with Gasteiger partial charge in [-0.2, -0.15) is 0 Å². The fourth-order valence-electron chi connectivity index (χ4n) is 1.85. The first kappa shape index (κ1) is 17.9. The molecule has 0 radical (unpaired) electrons. The third kappa shape index (κ3) is 5.28. The molecule has 0 aliphatic rings. The lowest BCUT2D eigenvalue weighted by molar-refractivity contribution is 0.180. The molecule has 0 aromatic heterocycles. The minimum atomic E-state index is -3.59. The third-order valence-electron chi connectivity index (χ3n) is 2.80. The molecule has 1 unspecified atom stereocenters. The van der Waals surface area contributed by atoms with Gasteiger partial charge in [-0.05, 0) is 31.5 Å². The van der Waals surface area contributed by atoms with Crippen LogP contribution >= 0.6 is 0 Å². The van der Waals surface area contributed by atoms with E-state index in [1.807, 2.05) is 6.92 Å². The highest BCUT2D eigenvalue weighted by Gasteiger charge is 2.18. The lowest BCUT2D eigenvalue weighted by atomic mass is 10.2. The Morgan fingerprint density at radius 2 is 2.10 bits per heavy atom. The van der Waals surface area contributed by atoms with Crippen LogP contribution in [-0.2, 0) is 21.3 Å². The van der Waals surface area contributed by atoms with Crippen molar-refractivity contribution in [3.05, 3.63) is 23.8 Å². The van der Waals surface area contributed by atoms with Gasteiger partial charge in [-0.3, -0.25) is 0 Å². The summed E-state index contributed by atoms with van der Waals surface area (Å²) in [5.41, 5.74) is 6.34. The average Bonchev–Trinajstić information content (AvgIpc) is 2.44. The van der Waals surface area contributed by atoms with Gasteiger partial charge < -0.3 is 15.2 Å². The molecule has 6 nitrogen and oxygen atoms in total. The summed E-state index contributed by atoms with van der Waals surface area (Å²) in [5.74, 6) is 0.628. The maximum Gasteiger partial charge on any atom is 0.240 e. The summed E-state index contributed by atoms with van der Waals surface area (Å²) in [5, 5.41) is 0. The molecule has 0 saturated heterocycles. The van der Waals surface area contributed by atoms with Crippen LogP contribution in [0.15, 0.2) is 23.1 Å². The Labute approximate surface area is 126 Å². The summed E-state index contributed by atoms with van der Waals surface area (Å²) < 4.78 is 37.6. The molecule has 120 valence electrons. The Morgan fingerprint density at radius 3 is 2.67 bits per heavy atom. The van der Waals surface area contributed by atoms with Crippen molar-refractivity contribution in [2.75, 3.05) is 20.3 Å². The molecule has 1 aromatic rings. The van der Waals surface area contributed by atoms with Gasteiger partial charge in [0.05, 0.1) is 18.1 Å². The van der Waals surface area contributed by atoms with E-state index in [4.69, 9.17) is 15.2 Å². The maximum atomic E-state index is 12.3. The molecule has 3 N–H and O–H groups in total. The van der Waals surface area contributed by atoms with Crippen LogP contribution in [-0.4, -0.2) is 34.8 Å². The monoisotopic (exact) mass is 316 g/mol. The highest BCUT2D eigenvalue weighted by molar-refractivity contribution is 7.89. The van der Waals surface area contributed by atoms with Crippen molar-refractivity contribution in [2.24, 2.45) is 5.73 Å². The number of nitrogens with two attached hydrogens (primary N) is 1. The van der Waals surface area contributed by atoms with Crippen LogP contribution in [0.5, 0.6) is 5.75 Å². The van der Waals surface area contributed by atoms with E-state index in [9.17, 15) is 8.42 Å². The summed E-state index contributed by atoms with van der Waals surface area (Å²) in [6, 6.07) is 4.41. The van der Waals surface area contributed by atoms with E-state index in [0.717, 1.165) is 6.42 Å². The van der Waals surface area contributed by atoms with Gasteiger partial charge >= 0.3 is 0 Å². The molecule has 1 atom stereocenters. The van der Waals surface area contributed by atoms with E-state index in [0.29, 0.717) is 24.5 Å². The van der Waals surface area contributed by atoms with Crippen molar-refractivity contribution >= 4 is 10.0 Å². The second-order valence-corrected chi connectivity index (χ2v) is 6.51. The third-order valence-corrected chi connectivity index (χ3v) is 4.38. The van der Waals surface area contributed by atoms with Crippen LogP contribution < -0.4 is 15.2 Å². The zero-order chi connectivity index (χ0) is 15.9. The van der Waals surface area contributed by atoms with Crippen molar-refractivity contribution in [1.82, 2.24) is 4.72 Å². The van der Waals surface area contributed by atoms with Crippen molar-refractivity contribution in [2.45, 2.75) is 37.8 Å². The number of ether oxygens (including phenoxy) is 2. The molecule has 1 aromatic carbocycles. The predicted octanol–water partition coefficient (Wildman–Crippen LogP) is 1.25. The van der Waals surface area contributed by atoms with Crippen LogP contribution in [0.2, 0.25) is 0 Å². The van der Waals surface area contributed by atoms with E-state index in [1.54, 1.807) is 19.1 Å². The van der Waals surface area contributed by atoms with Gasteiger partial charge in [0.1, 0.15) is 5.75 Å². The first-order chi connectivity index (χ1) is 9.94. The number of benzene rings is 1. The van der Waals surface area contributed by atoms with Gasteiger partial charge in [0.2, 0.25) is 10.0 Å². The van der Waals surface area contributed by atoms with E-state index >= 15 is 0 Å². The van der Waals surface area contributed by atoms with Crippen molar-refractivity contribution < 1.29 is 17.9 Å². The number of methoxy groups -OCH3 is 1. The standard InChI is InChI=1S/C14H24N2O4S/c1-4-7-20-14-6-5-13(8-12(14)9-15)21(17,18)16-11(2)10-19-3/h5-6,8,11,16H,4,7,9-10,15H2,1-3H3. The van der Waals surface area contributed by atoms with E-state index in [1.165, 1.54) is 13.2 Å². The predicted molar refractivity (Wildman–Crippen MR) is 81.8 cm³/mol. The number of hydrogen-bond acceptors (Lipinski definition) is 5. The normalized spacial score (nSPS) is 13.1. The molecule has 0 aliphatic heterocycles. The van der Waals surface area contributed by atoms with E-state index in [-0.39, 0.29) is 17.5 Å². The summed E-state index contributed by atoms with van der Waals surface area (Å²) in [6.07, 6.45) is 0.875. The zero-order valence-corrected chi connectivity index (χ0v) is 13.6. The van der Waals surface area contributed by atoms with Crippen LogP contribution in [0.25, 0.3) is 0 Å².